The van der Waals surface area contributed by atoms with Crippen LogP contribution in [0.25, 0.3) is 0 Å². The number of carbonyl (C=O) groups excluding carboxylic acids is 2. The summed E-state index contributed by atoms with van der Waals surface area (Å²) in [4.78, 5) is 25.8. The topological polar surface area (TPSA) is 73.8 Å². The van der Waals surface area contributed by atoms with Gasteiger partial charge >= 0.3 is 0 Å². The monoisotopic (exact) mass is 370 g/mol. The molecule has 2 aromatic carbocycles. The summed E-state index contributed by atoms with van der Waals surface area (Å²) in [6, 6.07) is 13.1. The molecular formula is C20H23FN4O2. The smallest absolute Gasteiger partial charge is 0.259 e. The quantitative estimate of drug-likeness (QED) is 0.554. The maximum atomic E-state index is 13.1. The molecule has 0 aliphatic rings. The predicted molar refractivity (Wildman–Crippen MR) is 104 cm³/mol. The Labute approximate surface area is 158 Å². The normalized spacial score (nSPS) is 10.6. The summed E-state index contributed by atoms with van der Waals surface area (Å²) in [6.45, 7) is 5.80. The SMILES string of the molecule is CCN(CC)c1ccc(/C=N/NC(=O)CNC(=O)c2cccc(F)c2)cc1. The highest BCUT2D eigenvalue weighted by molar-refractivity contribution is 5.96. The van der Waals surface area contributed by atoms with Gasteiger partial charge in [-0.05, 0) is 49.7 Å². The van der Waals surface area contributed by atoms with E-state index in [2.05, 4.69) is 34.6 Å². The largest absolute Gasteiger partial charge is 0.372 e. The molecule has 6 nitrogen and oxygen atoms in total. The zero-order valence-electron chi connectivity index (χ0n) is 15.4. The van der Waals surface area contributed by atoms with E-state index in [9.17, 15) is 14.0 Å². The van der Waals surface area contributed by atoms with Crippen molar-refractivity contribution in [3.05, 3.63) is 65.5 Å². The van der Waals surface area contributed by atoms with E-state index in [1.807, 2.05) is 24.3 Å². The van der Waals surface area contributed by atoms with Crippen LogP contribution in [0.1, 0.15) is 29.8 Å². The standard InChI is InChI=1S/C20H23FN4O2/c1-3-25(4-2)18-10-8-15(9-11-18)13-23-24-19(26)14-22-20(27)16-6-5-7-17(21)12-16/h5-13H,3-4,14H2,1-2H3,(H,22,27)(H,24,26)/b23-13+. The molecule has 2 rings (SSSR count). The van der Waals surface area contributed by atoms with Gasteiger partial charge in [0.25, 0.3) is 11.8 Å². The van der Waals surface area contributed by atoms with Gasteiger partial charge in [-0.2, -0.15) is 5.10 Å². The van der Waals surface area contributed by atoms with Crippen molar-refractivity contribution in [2.75, 3.05) is 24.5 Å². The minimum Gasteiger partial charge on any atom is -0.372 e. The lowest BCUT2D eigenvalue weighted by molar-refractivity contribution is -0.120. The lowest BCUT2D eigenvalue weighted by atomic mass is 10.2. The summed E-state index contributed by atoms with van der Waals surface area (Å²) in [5.41, 5.74) is 4.46. The van der Waals surface area contributed by atoms with E-state index in [1.165, 1.54) is 24.4 Å². The third-order valence-electron chi connectivity index (χ3n) is 3.92. The zero-order valence-corrected chi connectivity index (χ0v) is 15.4. The van der Waals surface area contributed by atoms with Crippen LogP contribution in [0.3, 0.4) is 0 Å². The molecule has 0 spiro atoms. The molecule has 0 unspecified atom stereocenters. The Kier molecular flexibility index (Phi) is 7.49. The second-order valence-electron chi connectivity index (χ2n) is 5.75. The number of rotatable bonds is 8. The van der Waals surface area contributed by atoms with Gasteiger partial charge in [0.05, 0.1) is 12.8 Å². The summed E-state index contributed by atoms with van der Waals surface area (Å²) in [7, 11) is 0. The number of anilines is 1. The van der Waals surface area contributed by atoms with E-state index in [1.54, 1.807) is 0 Å². The van der Waals surface area contributed by atoms with Gasteiger partial charge in [0.15, 0.2) is 0 Å². The van der Waals surface area contributed by atoms with Gasteiger partial charge in [0, 0.05) is 24.3 Å². The minimum absolute atomic E-state index is 0.152. The molecule has 0 saturated carbocycles. The number of benzene rings is 2. The van der Waals surface area contributed by atoms with Gasteiger partial charge in [0.2, 0.25) is 0 Å². The number of nitrogens with one attached hydrogen (secondary N) is 2. The highest BCUT2D eigenvalue weighted by Crippen LogP contribution is 2.13. The molecule has 142 valence electrons. The highest BCUT2D eigenvalue weighted by Gasteiger charge is 2.08. The Morgan fingerprint density at radius 1 is 1.11 bits per heavy atom. The number of carbonyl (C=O) groups is 2. The van der Waals surface area contributed by atoms with Gasteiger partial charge in [-0.15, -0.1) is 0 Å². The van der Waals surface area contributed by atoms with Crippen molar-refractivity contribution in [2.24, 2.45) is 5.10 Å². The van der Waals surface area contributed by atoms with Crippen molar-refractivity contribution in [1.82, 2.24) is 10.7 Å². The third-order valence-corrected chi connectivity index (χ3v) is 3.92. The second-order valence-corrected chi connectivity index (χ2v) is 5.75. The molecule has 0 radical (unpaired) electrons. The molecule has 0 bridgehead atoms. The molecule has 0 fully saturated rings. The van der Waals surface area contributed by atoms with Gasteiger partial charge in [-0.1, -0.05) is 18.2 Å². The maximum absolute atomic E-state index is 13.1. The lowest BCUT2D eigenvalue weighted by Gasteiger charge is -2.20. The minimum atomic E-state index is -0.527. The second kappa shape index (κ2) is 10.1. The zero-order chi connectivity index (χ0) is 19.6. The van der Waals surface area contributed by atoms with Crippen LogP contribution in [0, 0.1) is 5.82 Å². The predicted octanol–water partition coefficient (Wildman–Crippen LogP) is 2.55. The maximum Gasteiger partial charge on any atom is 0.259 e. The number of hydrogen-bond donors (Lipinski definition) is 2. The van der Waals surface area contributed by atoms with Crippen LogP contribution in [-0.4, -0.2) is 37.7 Å². The van der Waals surface area contributed by atoms with Crippen molar-refractivity contribution < 1.29 is 14.0 Å². The Morgan fingerprint density at radius 2 is 1.81 bits per heavy atom. The number of hydrogen-bond acceptors (Lipinski definition) is 4. The van der Waals surface area contributed by atoms with E-state index >= 15 is 0 Å². The van der Waals surface area contributed by atoms with Gasteiger partial charge in [-0.3, -0.25) is 9.59 Å². The molecular weight excluding hydrogens is 347 g/mol. The van der Waals surface area contributed by atoms with Crippen molar-refractivity contribution in [2.45, 2.75) is 13.8 Å². The molecule has 0 aromatic heterocycles. The van der Waals surface area contributed by atoms with E-state index < -0.39 is 17.6 Å². The molecule has 0 saturated heterocycles. The molecule has 0 heterocycles. The van der Waals surface area contributed by atoms with Gasteiger partial charge in [-0.25, -0.2) is 9.82 Å². The van der Waals surface area contributed by atoms with Crippen molar-refractivity contribution in [1.29, 1.82) is 0 Å². The molecule has 2 N–H and O–H groups in total. The summed E-state index contributed by atoms with van der Waals surface area (Å²) in [6.07, 6.45) is 1.53. The van der Waals surface area contributed by atoms with Gasteiger partial charge in [0.1, 0.15) is 5.82 Å². The first-order chi connectivity index (χ1) is 13.0. The van der Waals surface area contributed by atoms with Crippen LogP contribution in [0.5, 0.6) is 0 Å². The fourth-order valence-electron chi connectivity index (χ4n) is 2.47. The lowest BCUT2D eigenvalue weighted by Crippen LogP contribution is -2.34. The van der Waals surface area contributed by atoms with E-state index in [0.717, 1.165) is 30.4 Å². The Hall–Kier alpha value is -3.22. The molecule has 2 amide bonds. The summed E-state index contributed by atoms with van der Waals surface area (Å²) in [5, 5.41) is 6.28. The summed E-state index contributed by atoms with van der Waals surface area (Å²) >= 11 is 0. The molecule has 0 aliphatic heterocycles. The Morgan fingerprint density at radius 3 is 2.44 bits per heavy atom. The first-order valence-corrected chi connectivity index (χ1v) is 8.74. The fourth-order valence-corrected chi connectivity index (χ4v) is 2.47. The Bertz CT molecular complexity index is 802. The van der Waals surface area contributed by atoms with Crippen molar-refractivity contribution >= 4 is 23.7 Å². The summed E-state index contributed by atoms with van der Waals surface area (Å²) in [5.74, 6) is -1.51. The molecule has 7 heteroatoms. The van der Waals surface area contributed by atoms with Crippen LogP contribution in [0.15, 0.2) is 53.6 Å². The number of halogens is 1. The molecule has 0 aliphatic carbocycles. The van der Waals surface area contributed by atoms with Crippen LogP contribution < -0.4 is 15.6 Å². The van der Waals surface area contributed by atoms with Crippen LogP contribution in [0.2, 0.25) is 0 Å². The number of nitrogens with zero attached hydrogens (tertiary/aromatic N) is 2. The molecule has 27 heavy (non-hydrogen) atoms. The number of amides is 2. The van der Waals surface area contributed by atoms with E-state index in [-0.39, 0.29) is 12.1 Å². The van der Waals surface area contributed by atoms with Crippen LogP contribution in [0.4, 0.5) is 10.1 Å². The first-order valence-electron chi connectivity index (χ1n) is 8.74. The number of hydrazone groups is 1. The van der Waals surface area contributed by atoms with E-state index in [4.69, 9.17) is 0 Å². The molecule has 0 atom stereocenters. The first kappa shape index (κ1) is 20.1. The van der Waals surface area contributed by atoms with E-state index in [0.29, 0.717) is 0 Å². The fraction of sp³-hybridized carbons (Fsp3) is 0.250. The van der Waals surface area contributed by atoms with Crippen molar-refractivity contribution in [3.63, 3.8) is 0 Å². The average molecular weight is 370 g/mol. The Balaban J connectivity index is 1.80. The summed E-state index contributed by atoms with van der Waals surface area (Å²) < 4.78 is 13.1. The third kappa shape index (κ3) is 6.22. The van der Waals surface area contributed by atoms with Crippen LogP contribution >= 0.6 is 0 Å². The average Bonchev–Trinajstić information content (AvgIpc) is 2.68. The van der Waals surface area contributed by atoms with Gasteiger partial charge < -0.3 is 10.2 Å². The van der Waals surface area contributed by atoms with Crippen molar-refractivity contribution in [3.8, 4) is 0 Å². The highest BCUT2D eigenvalue weighted by atomic mass is 19.1. The molecule has 2 aromatic rings. The van der Waals surface area contributed by atoms with Crippen LogP contribution in [-0.2, 0) is 4.79 Å².